The van der Waals surface area contributed by atoms with Crippen molar-refractivity contribution < 1.29 is 9.53 Å². The van der Waals surface area contributed by atoms with Crippen LogP contribution >= 0.6 is 23.2 Å². The van der Waals surface area contributed by atoms with E-state index in [-0.39, 0.29) is 17.7 Å². The lowest BCUT2D eigenvalue weighted by molar-refractivity contribution is -0.122. The van der Waals surface area contributed by atoms with Crippen molar-refractivity contribution in [1.29, 1.82) is 0 Å². The molecule has 1 heterocycles. The van der Waals surface area contributed by atoms with Crippen LogP contribution in [0.25, 0.3) is 0 Å². The Bertz CT molecular complexity index is 1030. The molecule has 0 radical (unpaired) electrons. The molecular weight excluding hydrogens is 441 g/mol. The first-order valence-corrected chi connectivity index (χ1v) is 11.8. The number of benzene rings is 3. The zero-order valence-electron chi connectivity index (χ0n) is 17.9. The van der Waals surface area contributed by atoms with Gasteiger partial charge >= 0.3 is 0 Å². The third-order valence-corrected chi connectivity index (χ3v) is 6.53. The maximum Gasteiger partial charge on any atom is 0.220 e. The van der Waals surface area contributed by atoms with Crippen molar-refractivity contribution in [3.8, 4) is 5.75 Å². The smallest absolute Gasteiger partial charge is 0.220 e. The molecule has 1 aliphatic rings. The third-order valence-electron chi connectivity index (χ3n) is 6.02. The van der Waals surface area contributed by atoms with Gasteiger partial charge < -0.3 is 10.1 Å². The molecule has 1 N–H and O–H groups in total. The van der Waals surface area contributed by atoms with E-state index >= 15 is 0 Å². The van der Waals surface area contributed by atoms with Gasteiger partial charge in [0.25, 0.3) is 0 Å². The van der Waals surface area contributed by atoms with Crippen LogP contribution in [0.2, 0.25) is 10.0 Å². The lowest BCUT2D eigenvalue weighted by Crippen LogP contribution is -2.31. The van der Waals surface area contributed by atoms with E-state index in [9.17, 15) is 4.79 Å². The number of nitrogens with one attached hydrogen (secondary N) is 1. The Hall–Kier alpha value is -2.49. The molecule has 0 aliphatic carbocycles. The van der Waals surface area contributed by atoms with E-state index in [0.717, 1.165) is 35.6 Å². The van der Waals surface area contributed by atoms with Gasteiger partial charge in [0.05, 0.1) is 6.61 Å². The maximum absolute atomic E-state index is 12.8. The summed E-state index contributed by atoms with van der Waals surface area (Å²) in [6.45, 7) is 1.22. The summed E-state index contributed by atoms with van der Waals surface area (Å²) in [5.74, 6) is 1.46. The van der Waals surface area contributed by atoms with Crippen molar-refractivity contribution in [2.24, 2.45) is 5.92 Å². The maximum atomic E-state index is 12.8. The zero-order valence-corrected chi connectivity index (χ0v) is 19.4. The minimum atomic E-state index is 0.0875. The molecule has 3 aromatic rings. The van der Waals surface area contributed by atoms with Crippen molar-refractivity contribution in [3.63, 3.8) is 0 Å². The standard InChI is InChI=1S/C27H27Cl2NO2/c28-24-9-5-19(6-10-24)15-23(21-7-11-25(29)12-8-21)18-30-27(31)17-20-13-14-32-26-4-2-1-3-22(26)16-20/h1-12,20,23H,13-18H2,(H,30,31). The first-order valence-electron chi connectivity index (χ1n) is 11.0. The predicted octanol–water partition coefficient (Wildman–Crippen LogP) is 6.47. The Morgan fingerprint density at radius 1 is 0.969 bits per heavy atom. The summed E-state index contributed by atoms with van der Waals surface area (Å²) in [4.78, 5) is 12.8. The van der Waals surface area contributed by atoms with Gasteiger partial charge in [-0.25, -0.2) is 0 Å². The van der Waals surface area contributed by atoms with Crippen LogP contribution in [-0.4, -0.2) is 19.1 Å². The van der Waals surface area contributed by atoms with Gasteiger partial charge in [0.15, 0.2) is 0 Å². The van der Waals surface area contributed by atoms with E-state index in [1.165, 1.54) is 11.1 Å². The molecule has 0 saturated heterocycles. The zero-order chi connectivity index (χ0) is 22.3. The molecule has 4 rings (SSSR count). The topological polar surface area (TPSA) is 38.3 Å². The number of hydrogen-bond donors (Lipinski definition) is 1. The van der Waals surface area contributed by atoms with E-state index in [4.69, 9.17) is 27.9 Å². The molecule has 0 bridgehead atoms. The molecule has 0 spiro atoms. The molecule has 1 aliphatic heterocycles. The van der Waals surface area contributed by atoms with Crippen LogP contribution in [0.3, 0.4) is 0 Å². The fraction of sp³-hybridized carbons (Fsp3) is 0.296. The number of carbonyl (C=O) groups is 1. The predicted molar refractivity (Wildman–Crippen MR) is 131 cm³/mol. The molecule has 3 nitrogen and oxygen atoms in total. The van der Waals surface area contributed by atoms with Gasteiger partial charge in [-0.1, -0.05) is 65.7 Å². The number of halogens is 2. The quantitative estimate of drug-likeness (QED) is 0.432. The molecule has 0 saturated carbocycles. The van der Waals surface area contributed by atoms with E-state index in [1.54, 1.807) is 0 Å². The van der Waals surface area contributed by atoms with Gasteiger partial charge in [0, 0.05) is 28.9 Å². The van der Waals surface area contributed by atoms with Crippen molar-refractivity contribution in [2.45, 2.75) is 31.6 Å². The Morgan fingerprint density at radius 2 is 1.66 bits per heavy atom. The van der Waals surface area contributed by atoms with Gasteiger partial charge in [0.1, 0.15) is 5.75 Å². The molecular formula is C27H27Cl2NO2. The minimum Gasteiger partial charge on any atom is -0.493 e. The van der Waals surface area contributed by atoms with E-state index in [0.29, 0.717) is 24.6 Å². The summed E-state index contributed by atoms with van der Waals surface area (Å²) in [6, 6.07) is 23.9. The highest BCUT2D eigenvalue weighted by Gasteiger charge is 2.21. The molecule has 3 aromatic carbocycles. The SMILES string of the molecule is O=C(CC1CCOc2ccccc2C1)NCC(Cc1ccc(Cl)cc1)c1ccc(Cl)cc1. The minimum absolute atomic E-state index is 0.0875. The van der Waals surface area contributed by atoms with Gasteiger partial charge in [0.2, 0.25) is 5.91 Å². The summed E-state index contributed by atoms with van der Waals surface area (Å²) < 4.78 is 5.85. The highest BCUT2D eigenvalue weighted by molar-refractivity contribution is 6.30. The summed E-state index contributed by atoms with van der Waals surface area (Å²) >= 11 is 12.1. The first kappa shape index (κ1) is 22.7. The van der Waals surface area contributed by atoms with Gasteiger partial charge in [-0.3, -0.25) is 4.79 Å². The van der Waals surface area contributed by atoms with Crippen LogP contribution in [0.15, 0.2) is 72.8 Å². The highest BCUT2D eigenvalue weighted by Crippen LogP contribution is 2.28. The summed E-state index contributed by atoms with van der Waals surface area (Å²) in [5.41, 5.74) is 3.52. The number of amides is 1. The van der Waals surface area contributed by atoms with Crippen LogP contribution in [0.5, 0.6) is 5.75 Å². The Balaban J connectivity index is 1.39. The van der Waals surface area contributed by atoms with Crippen molar-refractivity contribution in [1.82, 2.24) is 5.32 Å². The number of carbonyl (C=O) groups excluding carboxylic acids is 1. The fourth-order valence-corrected chi connectivity index (χ4v) is 4.51. The second kappa shape index (κ2) is 10.9. The second-order valence-corrected chi connectivity index (χ2v) is 9.28. The Labute approximate surface area is 199 Å². The largest absolute Gasteiger partial charge is 0.493 e. The summed E-state index contributed by atoms with van der Waals surface area (Å²) in [5, 5.41) is 4.61. The number of ether oxygens (including phenoxy) is 1. The number of para-hydroxylation sites is 1. The molecule has 32 heavy (non-hydrogen) atoms. The van der Waals surface area contributed by atoms with Crippen molar-refractivity contribution >= 4 is 29.1 Å². The molecule has 1 amide bonds. The molecule has 0 aromatic heterocycles. The third kappa shape index (κ3) is 6.27. The summed E-state index contributed by atoms with van der Waals surface area (Å²) in [6.07, 6.45) is 3.07. The normalized spacial score (nSPS) is 16.4. The van der Waals surface area contributed by atoms with E-state index in [2.05, 4.69) is 11.4 Å². The van der Waals surface area contributed by atoms with Crippen LogP contribution in [0.1, 0.15) is 35.4 Å². The second-order valence-electron chi connectivity index (χ2n) is 8.40. The Kier molecular flexibility index (Phi) is 7.72. The molecule has 0 fully saturated rings. The average molecular weight is 468 g/mol. The van der Waals surface area contributed by atoms with E-state index < -0.39 is 0 Å². The van der Waals surface area contributed by atoms with Crippen LogP contribution in [-0.2, 0) is 17.6 Å². The van der Waals surface area contributed by atoms with Gasteiger partial charge in [-0.05, 0) is 72.2 Å². The number of hydrogen-bond acceptors (Lipinski definition) is 2. The summed E-state index contributed by atoms with van der Waals surface area (Å²) in [7, 11) is 0. The number of rotatable bonds is 7. The highest BCUT2D eigenvalue weighted by atomic mass is 35.5. The first-order chi connectivity index (χ1) is 15.6. The monoisotopic (exact) mass is 467 g/mol. The lowest BCUT2D eigenvalue weighted by Gasteiger charge is -2.20. The van der Waals surface area contributed by atoms with Crippen molar-refractivity contribution in [3.05, 3.63) is 99.5 Å². The van der Waals surface area contributed by atoms with Crippen molar-refractivity contribution in [2.75, 3.05) is 13.2 Å². The lowest BCUT2D eigenvalue weighted by atomic mass is 9.91. The van der Waals surface area contributed by atoms with Crippen LogP contribution in [0, 0.1) is 5.92 Å². The van der Waals surface area contributed by atoms with Gasteiger partial charge in [-0.15, -0.1) is 0 Å². The molecule has 5 heteroatoms. The Morgan fingerprint density at radius 3 is 2.41 bits per heavy atom. The fourth-order valence-electron chi connectivity index (χ4n) is 4.26. The molecule has 166 valence electrons. The van der Waals surface area contributed by atoms with Crippen LogP contribution < -0.4 is 10.1 Å². The van der Waals surface area contributed by atoms with E-state index in [1.807, 2.05) is 66.7 Å². The average Bonchev–Trinajstić information content (AvgIpc) is 3.00. The van der Waals surface area contributed by atoms with Gasteiger partial charge in [-0.2, -0.15) is 0 Å². The van der Waals surface area contributed by atoms with Crippen LogP contribution in [0.4, 0.5) is 0 Å². The molecule has 2 atom stereocenters. The molecule has 2 unspecified atom stereocenters. The number of fused-ring (bicyclic) bond motifs is 1.